The molecular weight excluding hydrogens is 182 g/mol. The molecule has 4 heteroatoms. The van der Waals surface area contributed by atoms with Crippen LogP contribution in [0.25, 0.3) is 0 Å². The third kappa shape index (κ3) is 3.91. The second-order valence-electron chi connectivity index (χ2n) is 3.62. The molecule has 0 atom stereocenters. The summed E-state index contributed by atoms with van der Waals surface area (Å²) in [6.45, 7) is 5.79. The van der Waals surface area contributed by atoms with Crippen molar-refractivity contribution in [3.8, 4) is 0 Å². The summed E-state index contributed by atoms with van der Waals surface area (Å²) in [6, 6.07) is 0.505. The predicted octanol–water partition coefficient (Wildman–Crippen LogP) is 0.694. The van der Waals surface area contributed by atoms with E-state index in [1.807, 2.05) is 0 Å². The van der Waals surface area contributed by atoms with Crippen molar-refractivity contribution in [1.29, 1.82) is 0 Å². The first kappa shape index (κ1) is 10.7. The molecule has 3 nitrogen and oxygen atoms in total. The van der Waals surface area contributed by atoms with E-state index in [4.69, 9.17) is 18.0 Å². The molecule has 13 heavy (non-hydrogen) atoms. The number of nitrogens with one attached hydrogen (secondary N) is 1. The Bertz CT molecular complexity index is 164. The number of hydrogen-bond donors (Lipinski definition) is 2. The zero-order valence-corrected chi connectivity index (χ0v) is 9.07. The number of nitrogens with two attached hydrogens (primary N) is 1. The summed E-state index contributed by atoms with van der Waals surface area (Å²) in [5, 5.41) is 3.57. The van der Waals surface area contributed by atoms with Crippen LogP contribution < -0.4 is 11.1 Å². The lowest BCUT2D eigenvalue weighted by Gasteiger charge is -2.32. The third-order valence-electron chi connectivity index (χ3n) is 2.47. The Morgan fingerprint density at radius 1 is 1.54 bits per heavy atom. The lowest BCUT2D eigenvalue weighted by atomic mass is 10.1. The van der Waals surface area contributed by atoms with E-state index in [9.17, 15) is 0 Å². The maximum atomic E-state index is 5.42. The molecule has 1 saturated heterocycles. The second kappa shape index (κ2) is 5.40. The highest BCUT2D eigenvalue weighted by molar-refractivity contribution is 7.80. The highest BCUT2D eigenvalue weighted by Crippen LogP contribution is 2.09. The highest BCUT2D eigenvalue weighted by atomic mass is 32.1. The summed E-state index contributed by atoms with van der Waals surface area (Å²) in [4.78, 5) is 2.50. The van der Waals surface area contributed by atoms with Gasteiger partial charge in [0.2, 0.25) is 0 Å². The van der Waals surface area contributed by atoms with Crippen LogP contribution in [0.5, 0.6) is 0 Å². The molecule has 1 rings (SSSR count). The summed E-state index contributed by atoms with van der Waals surface area (Å²) in [6.07, 6.45) is 3.57. The third-order valence-corrected chi connectivity index (χ3v) is 2.59. The van der Waals surface area contributed by atoms with Gasteiger partial charge in [-0.25, -0.2) is 0 Å². The van der Waals surface area contributed by atoms with E-state index >= 15 is 0 Å². The number of likely N-dealkylation sites (tertiary alicyclic amines) is 1. The lowest BCUT2D eigenvalue weighted by molar-refractivity contribution is 0.207. The highest BCUT2D eigenvalue weighted by Gasteiger charge is 2.17. The van der Waals surface area contributed by atoms with Gasteiger partial charge >= 0.3 is 0 Å². The molecule has 0 aromatic heterocycles. The first-order chi connectivity index (χ1) is 6.22. The van der Waals surface area contributed by atoms with Crippen LogP contribution in [0.15, 0.2) is 0 Å². The molecular formula is C9H19N3S. The average molecular weight is 201 g/mol. The molecule has 1 aliphatic rings. The molecule has 0 aliphatic carbocycles. The van der Waals surface area contributed by atoms with E-state index in [1.165, 1.54) is 26.1 Å². The molecule has 1 heterocycles. The lowest BCUT2D eigenvalue weighted by Crippen LogP contribution is -2.46. The molecule has 0 amide bonds. The Kier molecular flexibility index (Phi) is 4.45. The number of thiocarbonyl (C=S) groups is 1. The SMILES string of the molecule is CCCN1CCC(NC(N)=S)CC1. The first-order valence-corrected chi connectivity index (χ1v) is 5.41. The zero-order chi connectivity index (χ0) is 9.68. The van der Waals surface area contributed by atoms with Crippen LogP contribution in [0, 0.1) is 0 Å². The van der Waals surface area contributed by atoms with Gasteiger partial charge in [-0.1, -0.05) is 6.92 Å². The van der Waals surface area contributed by atoms with Crippen LogP contribution in [0.2, 0.25) is 0 Å². The summed E-state index contributed by atoms with van der Waals surface area (Å²) >= 11 is 4.81. The van der Waals surface area contributed by atoms with Crippen LogP contribution in [-0.2, 0) is 0 Å². The van der Waals surface area contributed by atoms with E-state index in [1.54, 1.807) is 0 Å². The van der Waals surface area contributed by atoms with Gasteiger partial charge in [-0.3, -0.25) is 0 Å². The smallest absolute Gasteiger partial charge is 0.163 e. The quantitative estimate of drug-likeness (QED) is 0.659. The van der Waals surface area contributed by atoms with Crippen molar-refractivity contribution in [1.82, 2.24) is 10.2 Å². The summed E-state index contributed by atoms with van der Waals surface area (Å²) in [7, 11) is 0. The molecule has 1 fully saturated rings. The van der Waals surface area contributed by atoms with Gasteiger partial charge in [0.25, 0.3) is 0 Å². The van der Waals surface area contributed by atoms with Gasteiger partial charge in [-0.2, -0.15) is 0 Å². The molecule has 76 valence electrons. The van der Waals surface area contributed by atoms with Gasteiger partial charge in [0.05, 0.1) is 0 Å². The normalized spacial score (nSPS) is 20.1. The topological polar surface area (TPSA) is 41.3 Å². The van der Waals surface area contributed by atoms with Crippen molar-refractivity contribution in [3.63, 3.8) is 0 Å². The van der Waals surface area contributed by atoms with E-state index in [0.717, 1.165) is 12.8 Å². The summed E-state index contributed by atoms with van der Waals surface area (Å²) in [5.41, 5.74) is 5.42. The largest absolute Gasteiger partial charge is 0.376 e. The van der Waals surface area contributed by atoms with Crippen molar-refractivity contribution >= 4 is 17.3 Å². The summed E-state index contributed by atoms with van der Waals surface area (Å²) < 4.78 is 0. The first-order valence-electron chi connectivity index (χ1n) is 5.00. The van der Waals surface area contributed by atoms with E-state index in [-0.39, 0.29) is 0 Å². The van der Waals surface area contributed by atoms with Gasteiger partial charge in [-0.05, 0) is 38.0 Å². The Hall–Kier alpha value is -0.350. The second-order valence-corrected chi connectivity index (χ2v) is 4.06. The predicted molar refractivity (Wildman–Crippen MR) is 59.7 cm³/mol. The minimum absolute atomic E-state index is 0.439. The van der Waals surface area contributed by atoms with Crippen LogP contribution in [0.3, 0.4) is 0 Å². The van der Waals surface area contributed by atoms with Crippen molar-refractivity contribution in [2.45, 2.75) is 32.2 Å². The standard InChI is InChI=1S/C9H19N3S/c1-2-5-12-6-3-8(4-7-12)11-9(10)13/h8H,2-7H2,1H3,(H3,10,11,13). The molecule has 0 saturated carbocycles. The Morgan fingerprint density at radius 2 is 2.15 bits per heavy atom. The molecule has 1 aliphatic heterocycles. The Morgan fingerprint density at radius 3 is 2.62 bits per heavy atom. The fraction of sp³-hybridized carbons (Fsp3) is 0.889. The Balaban J connectivity index is 2.18. The number of nitrogens with zero attached hydrogens (tertiary/aromatic N) is 1. The number of hydrogen-bond acceptors (Lipinski definition) is 2. The van der Waals surface area contributed by atoms with Crippen LogP contribution in [0.4, 0.5) is 0 Å². The monoisotopic (exact) mass is 201 g/mol. The molecule has 0 aromatic carbocycles. The zero-order valence-electron chi connectivity index (χ0n) is 8.25. The maximum Gasteiger partial charge on any atom is 0.163 e. The van der Waals surface area contributed by atoms with Gasteiger partial charge < -0.3 is 16.0 Å². The molecule has 3 N–H and O–H groups in total. The molecule has 0 bridgehead atoms. The number of rotatable bonds is 3. The van der Waals surface area contributed by atoms with E-state index in [0.29, 0.717) is 11.2 Å². The van der Waals surface area contributed by atoms with Gasteiger partial charge in [0.15, 0.2) is 5.11 Å². The van der Waals surface area contributed by atoms with Crippen molar-refractivity contribution in [3.05, 3.63) is 0 Å². The van der Waals surface area contributed by atoms with Gasteiger partial charge in [0.1, 0.15) is 0 Å². The van der Waals surface area contributed by atoms with E-state index < -0.39 is 0 Å². The van der Waals surface area contributed by atoms with Crippen LogP contribution in [-0.4, -0.2) is 35.7 Å². The van der Waals surface area contributed by atoms with Crippen molar-refractivity contribution in [2.75, 3.05) is 19.6 Å². The molecule has 0 spiro atoms. The van der Waals surface area contributed by atoms with Crippen molar-refractivity contribution < 1.29 is 0 Å². The fourth-order valence-corrected chi connectivity index (χ4v) is 1.98. The molecule has 0 radical (unpaired) electrons. The minimum Gasteiger partial charge on any atom is -0.376 e. The molecule has 0 unspecified atom stereocenters. The average Bonchev–Trinajstić information content (AvgIpc) is 2.08. The number of piperidine rings is 1. The summed E-state index contributed by atoms with van der Waals surface area (Å²) in [5.74, 6) is 0. The Labute approximate surface area is 85.7 Å². The maximum absolute atomic E-state index is 5.42. The van der Waals surface area contributed by atoms with E-state index in [2.05, 4.69) is 17.1 Å². The van der Waals surface area contributed by atoms with Gasteiger partial charge in [0, 0.05) is 19.1 Å². The van der Waals surface area contributed by atoms with Gasteiger partial charge in [-0.15, -0.1) is 0 Å². The van der Waals surface area contributed by atoms with Crippen molar-refractivity contribution in [2.24, 2.45) is 5.73 Å². The fourth-order valence-electron chi connectivity index (χ4n) is 1.82. The molecule has 0 aromatic rings. The van der Waals surface area contributed by atoms with Crippen LogP contribution in [0.1, 0.15) is 26.2 Å². The minimum atomic E-state index is 0.439. The van der Waals surface area contributed by atoms with Crippen LogP contribution >= 0.6 is 12.2 Å².